The first-order valence-corrected chi connectivity index (χ1v) is 6.20. The molecule has 2 rings (SSSR count). The highest BCUT2D eigenvalue weighted by atomic mass is 35.5. The number of amides is 1. The number of ether oxygens (including phenoxy) is 1. The van der Waals surface area contributed by atoms with Crippen LogP contribution in [0.1, 0.15) is 20.8 Å². The highest BCUT2D eigenvalue weighted by Gasteiger charge is 2.14. The van der Waals surface area contributed by atoms with Crippen molar-refractivity contribution in [3.8, 4) is 0 Å². The molecule has 5 nitrogen and oxygen atoms in total. The summed E-state index contributed by atoms with van der Waals surface area (Å²) < 4.78 is 18.2. The van der Waals surface area contributed by atoms with Gasteiger partial charge in [-0.05, 0) is 30.3 Å². The molecule has 7 heteroatoms. The van der Waals surface area contributed by atoms with Gasteiger partial charge >= 0.3 is 5.97 Å². The average molecular weight is 309 g/mol. The summed E-state index contributed by atoms with van der Waals surface area (Å²) in [5.74, 6) is -1.96. The lowest BCUT2D eigenvalue weighted by molar-refractivity contribution is 0.0600. The molecule has 0 aliphatic heterocycles. The first-order chi connectivity index (χ1) is 10.0. The van der Waals surface area contributed by atoms with E-state index in [4.69, 9.17) is 11.6 Å². The van der Waals surface area contributed by atoms with E-state index in [9.17, 15) is 14.0 Å². The number of nitrogens with one attached hydrogen (secondary N) is 1. The third-order valence-corrected chi connectivity index (χ3v) is 2.83. The Morgan fingerprint density at radius 1 is 1.29 bits per heavy atom. The van der Waals surface area contributed by atoms with Gasteiger partial charge in [-0.2, -0.15) is 0 Å². The molecule has 21 heavy (non-hydrogen) atoms. The Morgan fingerprint density at radius 3 is 2.71 bits per heavy atom. The van der Waals surface area contributed by atoms with Crippen molar-refractivity contribution < 1.29 is 18.7 Å². The summed E-state index contributed by atoms with van der Waals surface area (Å²) >= 11 is 5.75. The van der Waals surface area contributed by atoms with Crippen molar-refractivity contribution in [2.75, 3.05) is 12.4 Å². The van der Waals surface area contributed by atoms with E-state index >= 15 is 0 Å². The van der Waals surface area contributed by atoms with Gasteiger partial charge in [0.05, 0.1) is 18.4 Å². The second-order valence-corrected chi connectivity index (χ2v) is 4.44. The van der Waals surface area contributed by atoms with Crippen molar-refractivity contribution in [1.29, 1.82) is 0 Å². The zero-order chi connectivity index (χ0) is 15.4. The van der Waals surface area contributed by atoms with Crippen molar-refractivity contribution in [2.24, 2.45) is 0 Å². The van der Waals surface area contributed by atoms with Gasteiger partial charge in [0.1, 0.15) is 11.5 Å². The van der Waals surface area contributed by atoms with E-state index in [0.29, 0.717) is 5.02 Å². The summed E-state index contributed by atoms with van der Waals surface area (Å²) in [6.45, 7) is 0. The normalized spacial score (nSPS) is 10.0. The van der Waals surface area contributed by atoms with Gasteiger partial charge in [0.2, 0.25) is 0 Å². The fraction of sp³-hybridized carbons (Fsp3) is 0.0714. The number of esters is 1. The number of nitrogens with zero attached hydrogens (tertiary/aromatic N) is 1. The van der Waals surface area contributed by atoms with Crippen LogP contribution < -0.4 is 5.32 Å². The second kappa shape index (κ2) is 6.32. The smallest absolute Gasteiger partial charge is 0.337 e. The summed E-state index contributed by atoms with van der Waals surface area (Å²) in [5.41, 5.74) is 0.00306. The first kappa shape index (κ1) is 14.9. The summed E-state index contributed by atoms with van der Waals surface area (Å²) in [6, 6.07) is 6.36. The quantitative estimate of drug-likeness (QED) is 0.885. The zero-order valence-electron chi connectivity index (χ0n) is 10.9. The van der Waals surface area contributed by atoms with Crippen LogP contribution in [0.3, 0.4) is 0 Å². The van der Waals surface area contributed by atoms with Gasteiger partial charge in [0.25, 0.3) is 5.91 Å². The summed E-state index contributed by atoms with van der Waals surface area (Å²) in [5, 5.41) is 2.66. The molecule has 1 aromatic heterocycles. The standard InChI is InChI=1S/C14H10ClFN2O3/c1-21-14(20)8-2-3-10(16)11(6-8)18-13(19)12-7-9(15)4-5-17-12/h2-7H,1H3,(H,18,19). The van der Waals surface area contributed by atoms with Crippen LogP contribution in [0.25, 0.3) is 0 Å². The van der Waals surface area contributed by atoms with Crippen LogP contribution in [-0.4, -0.2) is 24.0 Å². The predicted octanol–water partition coefficient (Wildman–Crippen LogP) is 2.91. The fourth-order valence-electron chi connectivity index (χ4n) is 1.58. The van der Waals surface area contributed by atoms with Crippen molar-refractivity contribution in [2.45, 2.75) is 0 Å². The Hall–Kier alpha value is -2.47. The molecule has 0 spiro atoms. The largest absolute Gasteiger partial charge is 0.465 e. The Labute approximate surface area is 124 Å². The number of halogens is 2. The molecule has 0 atom stereocenters. The van der Waals surface area contributed by atoms with E-state index in [1.54, 1.807) is 0 Å². The minimum atomic E-state index is -0.682. The highest BCUT2D eigenvalue weighted by Crippen LogP contribution is 2.18. The molecule has 0 unspecified atom stereocenters. The molecule has 0 aliphatic carbocycles. The van der Waals surface area contributed by atoms with Gasteiger partial charge in [-0.1, -0.05) is 11.6 Å². The van der Waals surface area contributed by atoms with E-state index < -0.39 is 17.7 Å². The molecule has 0 radical (unpaired) electrons. The topological polar surface area (TPSA) is 68.3 Å². The molecular formula is C14H10ClFN2O3. The van der Waals surface area contributed by atoms with Crippen LogP contribution >= 0.6 is 11.6 Å². The Morgan fingerprint density at radius 2 is 2.05 bits per heavy atom. The van der Waals surface area contributed by atoms with Crippen LogP contribution in [-0.2, 0) is 4.74 Å². The van der Waals surface area contributed by atoms with E-state index in [0.717, 1.165) is 6.07 Å². The van der Waals surface area contributed by atoms with E-state index in [-0.39, 0.29) is 16.9 Å². The maximum atomic E-state index is 13.7. The number of benzene rings is 1. The molecule has 0 saturated heterocycles. The van der Waals surface area contributed by atoms with Crippen LogP contribution in [0.15, 0.2) is 36.5 Å². The van der Waals surface area contributed by atoms with Crippen LogP contribution in [0.4, 0.5) is 10.1 Å². The van der Waals surface area contributed by atoms with E-state index in [1.807, 2.05) is 0 Å². The maximum absolute atomic E-state index is 13.7. The van der Waals surface area contributed by atoms with Crippen molar-refractivity contribution in [1.82, 2.24) is 4.98 Å². The number of pyridine rings is 1. The van der Waals surface area contributed by atoms with Crippen molar-refractivity contribution in [3.05, 3.63) is 58.6 Å². The molecular weight excluding hydrogens is 299 g/mol. The predicted molar refractivity (Wildman–Crippen MR) is 74.9 cm³/mol. The molecule has 1 N–H and O–H groups in total. The third-order valence-electron chi connectivity index (χ3n) is 2.59. The monoisotopic (exact) mass is 308 g/mol. The van der Waals surface area contributed by atoms with Gasteiger partial charge in [-0.25, -0.2) is 9.18 Å². The SMILES string of the molecule is COC(=O)c1ccc(F)c(NC(=O)c2cc(Cl)ccn2)c1. The van der Waals surface area contributed by atoms with Gasteiger partial charge in [0.15, 0.2) is 0 Å². The number of carbonyl (C=O) groups is 2. The molecule has 1 amide bonds. The molecule has 108 valence electrons. The molecule has 0 saturated carbocycles. The van der Waals surface area contributed by atoms with Gasteiger partial charge < -0.3 is 10.1 Å². The molecule has 0 bridgehead atoms. The number of aromatic nitrogens is 1. The molecule has 1 aromatic carbocycles. The van der Waals surface area contributed by atoms with Gasteiger partial charge in [0, 0.05) is 11.2 Å². The number of hydrogen-bond acceptors (Lipinski definition) is 4. The Balaban J connectivity index is 2.26. The Bertz CT molecular complexity index is 706. The molecule has 2 aromatic rings. The van der Waals surface area contributed by atoms with Crippen LogP contribution in [0, 0.1) is 5.82 Å². The summed E-state index contributed by atoms with van der Waals surface area (Å²) in [6.07, 6.45) is 1.36. The number of rotatable bonds is 3. The lowest BCUT2D eigenvalue weighted by Crippen LogP contribution is -2.15. The third kappa shape index (κ3) is 3.55. The molecule has 1 heterocycles. The minimum absolute atomic E-state index is 0.0328. The lowest BCUT2D eigenvalue weighted by atomic mass is 10.2. The number of anilines is 1. The maximum Gasteiger partial charge on any atom is 0.337 e. The number of carbonyl (C=O) groups excluding carboxylic acids is 2. The minimum Gasteiger partial charge on any atom is -0.465 e. The van der Waals surface area contributed by atoms with Crippen molar-refractivity contribution in [3.63, 3.8) is 0 Å². The number of hydrogen-bond donors (Lipinski definition) is 1. The Kier molecular flexibility index (Phi) is 4.49. The average Bonchev–Trinajstić information content (AvgIpc) is 2.48. The first-order valence-electron chi connectivity index (χ1n) is 5.82. The van der Waals surface area contributed by atoms with E-state index in [1.165, 1.54) is 37.6 Å². The molecule has 0 fully saturated rings. The van der Waals surface area contributed by atoms with Gasteiger partial charge in [-0.15, -0.1) is 0 Å². The summed E-state index contributed by atoms with van der Waals surface area (Å²) in [7, 11) is 1.21. The summed E-state index contributed by atoms with van der Waals surface area (Å²) in [4.78, 5) is 27.2. The zero-order valence-corrected chi connectivity index (χ0v) is 11.6. The van der Waals surface area contributed by atoms with Crippen molar-refractivity contribution >= 4 is 29.2 Å². The number of methoxy groups -OCH3 is 1. The van der Waals surface area contributed by atoms with Gasteiger partial charge in [-0.3, -0.25) is 9.78 Å². The lowest BCUT2D eigenvalue weighted by Gasteiger charge is -2.08. The molecule has 0 aliphatic rings. The van der Waals surface area contributed by atoms with Crippen LogP contribution in [0.2, 0.25) is 5.02 Å². The van der Waals surface area contributed by atoms with Crippen LogP contribution in [0.5, 0.6) is 0 Å². The highest BCUT2D eigenvalue weighted by molar-refractivity contribution is 6.30. The van der Waals surface area contributed by atoms with E-state index in [2.05, 4.69) is 15.0 Å². The fourth-order valence-corrected chi connectivity index (χ4v) is 1.74. The second-order valence-electron chi connectivity index (χ2n) is 4.00.